The number of sulfonamides is 1. The Hall–Kier alpha value is -1.47. The lowest BCUT2D eigenvalue weighted by atomic mass is 10.4. The molecule has 0 amide bonds. The van der Waals surface area contributed by atoms with Crippen LogP contribution in [0.25, 0.3) is 0 Å². The molecule has 0 aromatic heterocycles. The third kappa shape index (κ3) is 3.30. The Bertz CT molecular complexity index is 454. The van der Waals surface area contributed by atoms with Gasteiger partial charge in [-0.1, -0.05) is 0 Å². The molecule has 0 bridgehead atoms. The second kappa shape index (κ2) is 4.37. The fourth-order valence-corrected chi connectivity index (χ4v) is 1.82. The van der Waals surface area contributed by atoms with Gasteiger partial charge in [0.05, 0.1) is 17.4 Å². The second-order valence-electron chi connectivity index (χ2n) is 2.65. The predicted molar refractivity (Wildman–Crippen MR) is 46.6 cm³/mol. The van der Waals surface area contributed by atoms with Gasteiger partial charge in [-0.3, -0.25) is 0 Å². The van der Waals surface area contributed by atoms with Gasteiger partial charge in [0, 0.05) is 0 Å². The average Bonchev–Trinajstić information content (AvgIpc) is 2.16. The van der Waals surface area contributed by atoms with Crippen molar-refractivity contribution in [2.75, 3.05) is 6.54 Å². The summed E-state index contributed by atoms with van der Waals surface area (Å²) in [5.41, 5.74) is 0. The van der Waals surface area contributed by atoms with Gasteiger partial charge in [0.15, 0.2) is 0 Å². The summed E-state index contributed by atoms with van der Waals surface area (Å²) in [4.78, 5) is 9.83. The molecule has 15 heavy (non-hydrogen) atoms. The monoisotopic (exact) mass is 232 g/mol. The lowest BCUT2D eigenvalue weighted by Crippen LogP contribution is -2.37. The number of carbonyl (C=O) groups excluding carboxylic acids is 1. The van der Waals surface area contributed by atoms with Gasteiger partial charge in [-0.05, 0) is 24.3 Å². The Morgan fingerprint density at radius 3 is 2.33 bits per heavy atom. The average molecular weight is 232 g/mol. The number of hydrogen-bond acceptors (Lipinski definition) is 4. The van der Waals surface area contributed by atoms with Crippen molar-refractivity contribution >= 4 is 16.0 Å². The van der Waals surface area contributed by atoms with Crippen LogP contribution in [0.4, 0.5) is 4.39 Å². The zero-order valence-electron chi connectivity index (χ0n) is 7.44. The first kappa shape index (κ1) is 11.6. The summed E-state index contributed by atoms with van der Waals surface area (Å²) in [5, 5.41) is 10.0. The third-order valence-corrected chi connectivity index (χ3v) is 2.95. The van der Waals surface area contributed by atoms with Gasteiger partial charge in [0.2, 0.25) is 10.0 Å². The minimum absolute atomic E-state index is 0.204. The van der Waals surface area contributed by atoms with Crippen molar-refractivity contribution in [3.8, 4) is 0 Å². The Kier molecular flexibility index (Phi) is 3.38. The molecule has 1 aromatic rings. The van der Waals surface area contributed by atoms with Gasteiger partial charge in [-0.2, -0.15) is 0 Å². The summed E-state index contributed by atoms with van der Waals surface area (Å²) in [6.07, 6.45) is 0. The molecule has 1 rings (SSSR count). The SMILES string of the molecule is O=C([O-])CNS(=O)(=O)c1ccc(F)cc1. The molecular formula is C8H7FNO4S-. The largest absolute Gasteiger partial charge is 0.549 e. The number of halogens is 1. The van der Waals surface area contributed by atoms with Crippen LogP contribution >= 0.6 is 0 Å². The molecule has 1 aromatic carbocycles. The van der Waals surface area contributed by atoms with E-state index >= 15 is 0 Å². The summed E-state index contributed by atoms with van der Waals surface area (Å²) in [6.45, 7) is -0.820. The van der Waals surface area contributed by atoms with Crippen LogP contribution in [0.5, 0.6) is 0 Å². The summed E-state index contributed by atoms with van der Waals surface area (Å²) in [5.74, 6) is -2.12. The van der Waals surface area contributed by atoms with E-state index in [4.69, 9.17) is 0 Å². The second-order valence-corrected chi connectivity index (χ2v) is 4.42. The smallest absolute Gasteiger partial charge is 0.240 e. The van der Waals surface area contributed by atoms with Crippen molar-refractivity contribution < 1.29 is 22.7 Å². The quantitative estimate of drug-likeness (QED) is 0.710. The topological polar surface area (TPSA) is 86.3 Å². The number of benzene rings is 1. The van der Waals surface area contributed by atoms with Crippen molar-refractivity contribution in [3.05, 3.63) is 30.1 Å². The van der Waals surface area contributed by atoms with Crippen molar-refractivity contribution in [2.45, 2.75) is 4.90 Å². The number of carbonyl (C=O) groups is 1. The summed E-state index contributed by atoms with van der Waals surface area (Å²) >= 11 is 0. The first-order valence-electron chi connectivity index (χ1n) is 3.87. The van der Waals surface area contributed by atoms with Crippen LogP contribution in [-0.2, 0) is 14.8 Å². The van der Waals surface area contributed by atoms with Crippen LogP contribution in [0.1, 0.15) is 0 Å². The Morgan fingerprint density at radius 2 is 1.87 bits per heavy atom. The first-order chi connectivity index (χ1) is 6.92. The van der Waals surface area contributed by atoms with E-state index in [1.54, 1.807) is 4.72 Å². The molecule has 0 aliphatic rings. The first-order valence-corrected chi connectivity index (χ1v) is 5.35. The summed E-state index contributed by atoms with van der Waals surface area (Å²) in [7, 11) is -3.91. The van der Waals surface area contributed by atoms with E-state index in [0.717, 1.165) is 24.3 Å². The standard InChI is InChI=1S/C8H8FNO4S/c9-6-1-3-7(4-2-6)15(13,14)10-5-8(11)12/h1-4,10H,5H2,(H,11,12)/p-1. The van der Waals surface area contributed by atoms with Gasteiger partial charge in [0.1, 0.15) is 5.82 Å². The molecule has 0 unspecified atom stereocenters. The Balaban J connectivity index is 2.87. The molecular weight excluding hydrogens is 225 g/mol. The highest BCUT2D eigenvalue weighted by molar-refractivity contribution is 7.89. The molecule has 5 nitrogen and oxygen atoms in total. The molecule has 0 atom stereocenters. The van der Waals surface area contributed by atoms with Crippen LogP contribution in [0, 0.1) is 5.82 Å². The summed E-state index contributed by atoms with van der Waals surface area (Å²) < 4.78 is 36.9. The maximum absolute atomic E-state index is 12.5. The van der Waals surface area contributed by atoms with E-state index in [1.807, 2.05) is 0 Å². The van der Waals surface area contributed by atoms with Gasteiger partial charge < -0.3 is 9.90 Å². The Labute approximate surface area is 85.6 Å². The highest BCUT2D eigenvalue weighted by atomic mass is 32.2. The highest BCUT2D eigenvalue weighted by Crippen LogP contribution is 2.08. The number of hydrogen-bond donors (Lipinski definition) is 1. The number of rotatable bonds is 4. The molecule has 7 heteroatoms. The van der Waals surface area contributed by atoms with E-state index in [0.29, 0.717) is 0 Å². The maximum atomic E-state index is 12.5. The lowest BCUT2D eigenvalue weighted by Gasteiger charge is -2.06. The van der Waals surface area contributed by atoms with E-state index in [2.05, 4.69) is 0 Å². The molecule has 82 valence electrons. The van der Waals surface area contributed by atoms with E-state index < -0.39 is 28.4 Å². The molecule has 0 saturated carbocycles. The zero-order chi connectivity index (χ0) is 11.5. The molecule has 0 radical (unpaired) electrons. The van der Waals surface area contributed by atoms with E-state index in [9.17, 15) is 22.7 Å². The maximum Gasteiger partial charge on any atom is 0.240 e. The van der Waals surface area contributed by atoms with Crippen molar-refractivity contribution in [3.63, 3.8) is 0 Å². The normalized spacial score (nSPS) is 11.3. The van der Waals surface area contributed by atoms with Crippen molar-refractivity contribution in [1.82, 2.24) is 4.72 Å². The minimum Gasteiger partial charge on any atom is -0.549 e. The van der Waals surface area contributed by atoms with E-state index in [-0.39, 0.29) is 4.90 Å². The van der Waals surface area contributed by atoms with Crippen LogP contribution in [0.3, 0.4) is 0 Å². The molecule has 0 spiro atoms. The number of nitrogens with one attached hydrogen (secondary N) is 1. The van der Waals surface area contributed by atoms with Crippen molar-refractivity contribution in [1.29, 1.82) is 0 Å². The molecule has 0 aliphatic carbocycles. The third-order valence-electron chi connectivity index (χ3n) is 1.53. The molecule has 0 fully saturated rings. The molecule has 0 saturated heterocycles. The van der Waals surface area contributed by atoms with Gasteiger partial charge in [0.25, 0.3) is 0 Å². The lowest BCUT2D eigenvalue weighted by molar-refractivity contribution is -0.303. The predicted octanol–water partition coefficient (Wildman–Crippen LogP) is -1.15. The fraction of sp³-hybridized carbons (Fsp3) is 0.125. The number of carboxylic acid groups (broad SMARTS) is 1. The van der Waals surface area contributed by atoms with Crippen LogP contribution in [0.15, 0.2) is 29.2 Å². The van der Waals surface area contributed by atoms with E-state index in [1.165, 1.54) is 0 Å². The highest BCUT2D eigenvalue weighted by Gasteiger charge is 2.12. The Morgan fingerprint density at radius 1 is 1.33 bits per heavy atom. The number of carboxylic acids is 1. The van der Waals surface area contributed by atoms with Crippen LogP contribution in [-0.4, -0.2) is 20.9 Å². The molecule has 0 aliphatic heterocycles. The van der Waals surface area contributed by atoms with Gasteiger partial charge in [-0.15, -0.1) is 0 Å². The molecule has 1 N–H and O–H groups in total. The van der Waals surface area contributed by atoms with Crippen LogP contribution in [0.2, 0.25) is 0 Å². The minimum atomic E-state index is -3.91. The van der Waals surface area contributed by atoms with Crippen LogP contribution < -0.4 is 9.83 Å². The fourth-order valence-electron chi connectivity index (χ4n) is 0.851. The zero-order valence-corrected chi connectivity index (χ0v) is 8.25. The number of aliphatic carboxylic acids is 1. The van der Waals surface area contributed by atoms with Crippen molar-refractivity contribution in [2.24, 2.45) is 0 Å². The molecule has 0 heterocycles. The summed E-state index contributed by atoms with van der Waals surface area (Å²) in [6, 6.07) is 4.00. The van der Waals surface area contributed by atoms with Gasteiger partial charge in [-0.25, -0.2) is 17.5 Å². The van der Waals surface area contributed by atoms with Gasteiger partial charge >= 0.3 is 0 Å².